The third-order valence-corrected chi connectivity index (χ3v) is 4.93. The van der Waals surface area contributed by atoms with E-state index in [-0.39, 0.29) is 5.91 Å². The number of hydrogen-bond donors (Lipinski definition) is 1. The van der Waals surface area contributed by atoms with Crippen molar-refractivity contribution in [2.24, 2.45) is 0 Å². The number of rotatable bonds is 6. The van der Waals surface area contributed by atoms with Crippen LogP contribution in [0.2, 0.25) is 0 Å². The van der Waals surface area contributed by atoms with Gasteiger partial charge >= 0.3 is 0 Å². The molecule has 2 heterocycles. The van der Waals surface area contributed by atoms with Crippen LogP contribution in [0.3, 0.4) is 0 Å². The van der Waals surface area contributed by atoms with Crippen molar-refractivity contribution in [1.29, 1.82) is 0 Å². The zero-order chi connectivity index (χ0) is 16.8. The summed E-state index contributed by atoms with van der Waals surface area (Å²) in [5.41, 5.74) is 3.01. The van der Waals surface area contributed by atoms with Gasteiger partial charge in [0.05, 0.1) is 10.7 Å². The van der Waals surface area contributed by atoms with Gasteiger partial charge in [-0.05, 0) is 24.6 Å². The van der Waals surface area contributed by atoms with Crippen LogP contribution in [0.15, 0.2) is 54.9 Å². The summed E-state index contributed by atoms with van der Waals surface area (Å²) in [7, 11) is 0. The van der Waals surface area contributed by atoms with Gasteiger partial charge in [0, 0.05) is 42.2 Å². The quantitative estimate of drug-likeness (QED) is 0.750. The van der Waals surface area contributed by atoms with Gasteiger partial charge in [-0.3, -0.25) is 9.78 Å². The van der Waals surface area contributed by atoms with Crippen LogP contribution in [-0.4, -0.2) is 22.4 Å². The Morgan fingerprint density at radius 1 is 1.12 bits per heavy atom. The molecule has 1 N–H and O–H groups in total. The molecule has 0 bridgehead atoms. The lowest BCUT2D eigenvalue weighted by Crippen LogP contribution is -2.25. The lowest BCUT2D eigenvalue weighted by molar-refractivity contribution is 0.0954. The van der Waals surface area contributed by atoms with Crippen molar-refractivity contribution in [3.05, 3.63) is 81.6 Å². The van der Waals surface area contributed by atoms with E-state index >= 15 is 0 Å². The zero-order valence-corrected chi connectivity index (χ0v) is 14.3. The molecular weight excluding hydrogens is 318 g/mol. The van der Waals surface area contributed by atoms with Crippen molar-refractivity contribution >= 4 is 17.2 Å². The Bertz CT molecular complexity index is 800. The lowest BCUT2D eigenvalue weighted by atomic mass is 10.1. The number of hydrogen-bond acceptors (Lipinski definition) is 4. The van der Waals surface area contributed by atoms with Gasteiger partial charge in [-0.1, -0.05) is 30.3 Å². The Balaban J connectivity index is 1.55. The molecule has 24 heavy (non-hydrogen) atoms. The van der Waals surface area contributed by atoms with Gasteiger partial charge in [0.25, 0.3) is 5.91 Å². The number of amides is 1. The van der Waals surface area contributed by atoms with Crippen LogP contribution < -0.4 is 5.32 Å². The van der Waals surface area contributed by atoms with E-state index < -0.39 is 0 Å². The lowest BCUT2D eigenvalue weighted by Gasteiger charge is -2.03. The van der Waals surface area contributed by atoms with E-state index in [9.17, 15) is 4.79 Å². The Hall–Kier alpha value is -2.53. The van der Waals surface area contributed by atoms with Crippen molar-refractivity contribution in [1.82, 2.24) is 15.3 Å². The second-order valence-electron chi connectivity index (χ2n) is 5.52. The number of thiazole rings is 1. The number of pyridine rings is 1. The molecule has 0 spiro atoms. The van der Waals surface area contributed by atoms with E-state index in [2.05, 4.69) is 39.6 Å². The smallest absolute Gasteiger partial charge is 0.251 e. The molecule has 0 saturated heterocycles. The summed E-state index contributed by atoms with van der Waals surface area (Å²) in [6, 6.07) is 13.8. The summed E-state index contributed by atoms with van der Waals surface area (Å²) >= 11 is 1.73. The predicted molar refractivity (Wildman–Crippen MR) is 96.4 cm³/mol. The Kier molecular flexibility index (Phi) is 5.33. The van der Waals surface area contributed by atoms with E-state index in [1.54, 1.807) is 35.9 Å². The average Bonchev–Trinajstić information content (AvgIpc) is 2.96. The first kappa shape index (κ1) is 16.3. The molecule has 5 heteroatoms. The van der Waals surface area contributed by atoms with Crippen LogP contribution in [0, 0.1) is 6.92 Å². The Morgan fingerprint density at radius 2 is 1.88 bits per heavy atom. The van der Waals surface area contributed by atoms with E-state index in [1.165, 1.54) is 10.4 Å². The summed E-state index contributed by atoms with van der Waals surface area (Å²) in [5.74, 6) is -0.0739. The summed E-state index contributed by atoms with van der Waals surface area (Å²) < 4.78 is 0. The van der Waals surface area contributed by atoms with E-state index in [0.717, 1.165) is 23.5 Å². The molecule has 3 aromatic rings. The molecule has 1 aromatic carbocycles. The van der Waals surface area contributed by atoms with E-state index in [1.807, 2.05) is 13.0 Å². The number of aryl methyl sites for hydroxylation is 1. The molecule has 122 valence electrons. The number of carbonyl (C=O) groups is 1. The molecule has 0 saturated carbocycles. The van der Waals surface area contributed by atoms with Crippen molar-refractivity contribution in [3.8, 4) is 0 Å². The molecule has 2 aromatic heterocycles. The van der Waals surface area contributed by atoms with Crippen LogP contribution in [0.25, 0.3) is 0 Å². The molecule has 0 fully saturated rings. The first-order valence-corrected chi connectivity index (χ1v) is 8.71. The summed E-state index contributed by atoms with van der Waals surface area (Å²) in [5, 5.41) is 3.99. The molecule has 0 aliphatic heterocycles. The molecular formula is C19H19N3OS. The molecule has 1 amide bonds. The third-order valence-electron chi connectivity index (χ3n) is 3.71. The van der Waals surface area contributed by atoms with Crippen LogP contribution in [0.4, 0.5) is 0 Å². The Labute approximate surface area is 145 Å². The molecule has 0 atom stereocenters. The second kappa shape index (κ2) is 7.84. The minimum Gasteiger partial charge on any atom is -0.352 e. The fraction of sp³-hybridized carbons (Fsp3) is 0.211. The number of benzene rings is 1. The van der Waals surface area contributed by atoms with Gasteiger partial charge in [-0.2, -0.15) is 0 Å². The predicted octanol–water partition coefficient (Wildman–Crippen LogP) is 3.41. The standard InChI is InChI=1S/C19H19N3OS/c1-14-17(13-15-5-3-2-4-6-15)24-18(22-14)9-12-21-19(23)16-7-10-20-11-8-16/h2-8,10-11H,9,12-13H2,1H3,(H,21,23). The van der Waals surface area contributed by atoms with Crippen molar-refractivity contribution in [2.75, 3.05) is 6.54 Å². The van der Waals surface area contributed by atoms with Gasteiger partial charge in [0.1, 0.15) is 0 Å². The van der Waals surface area contributed by atoms with Crippen LogP contribution in [0.5, 0.6) is 0 Å². The number of nitrogens with one attached hydrogen (secondary N) is 1. The highest BCUT2D eigenvalue weighted by atomic mass is 32.1. The van der Waals surface area contributed by atoms with Crippen LogP contribution >= 0.6 is 11.3 Å². The zero-order valence-electron chi connectivity index (χ0n) is 13.5. The van der Waals surface area contributed by atoms with E-state index in [4.69, 9.17) is 0 Å². The highest BCUT2D eigenvalue weighted by Crippen LogP contribution is 2.21. The SMILES string of the molecule is Cc1nc(CCNC(=O)c2ccncc2)sc1Cc1ccccc1. The van der Waals surface area contributed by atoms with Gasteiger partial charge in [0.2, 0.25) is 0 Å². The topological polar surface area (TPSA) is 54.9 Å². The summed E-state index contributed by atoms with van der Waals surface area (Å²) in [6.45, 7) is 2.63. The molecule has 0 aliphatic carbocycles. The second-order valence-corrected chi connectivity index (χ2v) is 6.69. The van der Waals surface area contributed by atoms with Gasteiger partial charge in [-0.15, -0.1) is 11.3 Å². The van der Waals surface area contributed by atoms with Crippen molar-refractivity contribution < 1.29 is 4.79 Å². The van der Waals surface area contributed by atoms with Gasteiger partial charge in [-0.25, -0.2) is 4.98 Å². The maximum Gasteiger partial charge on any atom is 0.251 e. The van der Waals surface area contributed by atoms with Crippen LogP contribution in [-0.2, 0) is 12.8 Å². The molecule has 4 nitrogen and oxygen atoms in total. The number of nitrogens with zero attached hydrogens (tertiary/aromatic N) is 2. The highest BCUT2D eigenvalue weighted by molar-refractivity contribution is 7.11. The minimum absolute atomic E-state index is 0.0739. The molecule has 0 unspecified atom stereocenters. The maximum absolute atomic E-state index is 12.0. The monoisotopic (exact) mass is 337 g/mol. The maximum atomic E-state index is 12.0. The fourth-order valence-corrected chi connectivity index (χ4v) is 3.53. The van der Waals surface area contributed by atoms with Crippen LogP contribution in [0.1, 0.15) is 31.5 Å². The third kappa shape index (κ3) is 4.26. The van der Waals surface area contributed by atoms with E-state index in [0.29, 0.717) is 12.1 Å². The average molecular weight is 337 g/mol. The summed E-state index contributed by atoms with van der Waals surface area (Å²) in [6.07, 6.45) is 4.90. The minimum atomic E-state index is -0.0739. The fourth-order valence-electron chi connectivity index (χ4n) is 2.43. The first-order valence-electron chi connectivity index (χ1n) is 7.89. The summed E-state index contributed by atoms with van der Waals surface area (Å²) in [4.78, 5) is 21.8. The molecule has 3 rings (SSSR count). The van der Waals surface area contributed by atoms with Crippen molar-refractivity contribution in [2.45, 2.75) is 19.8 Å². The largest absolute Gasteiger partial charge is 0.352 e. The first-order chi connectivity index (χ1) is 11.7. The van der Waals surface area contributed by atoms with Crippen molar-refractivity contribution in [3.63, 3.8) is 0 Å². The normalized spacial score (nSPS) is 10.5. The Morgan fingerprint density at radius 3 is 2.62 bits per heavy atom. The molecule has 0 radical (unpaired) electrons. The van der Waals surface area contributed by atoms with Gasteiger partial charge in [0.15, 0.2) is 0 Å². The van der Waals surface area contributed by atoms with Gasteiger partial charge < -0.3 is 5.32 Å². The number of aromatic nitrogens is 2. The highest BCUT2D eigenvalue weighted by Gasteiger charge is 2.09. The number of carbonyl (C=O) groups excluding carboxylic acids is 1. The molecule has 0 aliphatic rings.